The number of methoxy groups -OCH3 is 3. The predicted octanol–water partition coefficient (Wildman–Crippen LogP) is 2.53. The third-order valence-corrected chi connectivity index (χ3v) is 4.42. The maximum absolute atomic E-state index is 5.71. The van der Waals surface area contributed by atoms with Crippen molar-refractivity contribution in [2.75, 3.05) is 54.8 Å². The fraction of sp³-hybridized carbons (Fsp3) is 0.529. The van der Waals surface area contributed by atoms with E-state index in [0.717, 1.165) is 27.6 Å². The molecule has 25 heavy (non-hydrogen) atoms. The van der Waals surface area contributed by atoms with E-state index in [4.69, 9.17) is 23.7 Å². The highest BCUT2D eigenvalue weighted by atomic mass is 32.2. The van der Waals surface area contributed by atoms with Gasteiger partial charge in [-0.25, -0.2) is 4.99 Å². The summed E-state index contributed by atoms with van der Waals surface area (Å²) in [5.41, 5.74) is 2.61. The molecule has 7 nitrogen and oxygen atoms in total. The molecule has 8 heteroatoms. The number of fused-ring (bicyclic) bond motifs is 1. The van der Waals surface area contributed by atoms with Crippen LogP contribution in [0.5, 0.6) is 11.5 Å². The Labute approximate surface area is 152 Å². The molecule has 0 radical (unpaired) electrons. The smallest absolute Gasteiger partial charge is 0.167 e. The van der Waals surface area contributed by atoms with Gasteiger partial charge in [0.25, 0.3) is 0 Å². The van der Waals surface area contributed by atoms with Crippen LogP contribution in [-0.2, 0) is 14.2 Å². The highest BCUT2D eigenvalue weighted by Crippen LogP contribution is 2.42. The quantitative estimate of drug-likeness (QED) is 0.304. The molecule has 0 N–H and O–H groups in total. The molecule has 1 aliphatic heterocycles. The van der Waals surface area contributed by atoms with E-state index in [-0.39, 0.29) is 19.6 Å². The van der Waals surface area contributed by atoms with Crippen LogP contribution < -0.4 is 9.47 Å². The number of hydrogen-bond donors (Lipinski definition) is 0. The fourth-order valence-electron chi connectivity index (χ4n) is 2.56. The van der Waals surface area contributed by atoms with Crippen molar-refractivity contribution >= 4 is 22.5 Å². The van der Waals surface area contributed by atoms with E-state index >= 15 is 0 Å². The lowest BCUT2D eigenvalue weighted by Crippen LogP contribution is -2.14. The van der Waals surface area contributed by atoms with E-state index in [1.165, 1.54) is 11.8 Å². The van der Waals surface area contributed by atoms with Crippen molar-refractivity contribution in [1.82, 2.24) is 0 Å². The molecule has 0 bridgehead atoms. The van der Waals surface area contributed by atoms with Gasteiger partial charge in [-0.1, -0.05) is 0 Å². The normalized spacial score (nSPS) is 17.4. The standard InChI is InChI=1S/C17H24N2O5S/c1-18-15(17(25-5)19-9-23-10-20-2)11-6-12-14(22-4)8-24-16(12)13(7-11)21-3/h6-7,14H,8-10H2,1-5H3/b18-15?,19-17-. The monoisotopic (exact) mass is 368 g/mol. The summed E-state index contributed by atoms with van der Waals surface area (Å²) >= 11 is 1.50. The minimum Gasteiger partial charge on any atom is -0.493 e. The third kappa shape index (κ3) is 4.52. The summed E-state index contributed by atoms with van der Waals surface area (Å²) in [6.07, 6.45) is 1.83. The summed E-state index contributed by atoms with van der Waals surface area (Å²) in [5, 5.41) is 0.772. The Bertz CT molecular complexity index is 648. The molecule has 0 spiro atoms. The maximum atomic E-state index is 5.71. The molecule has 0 amide bonds. The van der Waals surface area contributed by atoms with Gasteiger partial charge in [-0.2, -0.15) is 0 Å². The van der Waals surface area contributed by atoms with Crippen molar-refractivity contribution in [2.24, 2.45) is 9.98 Å². The lowest BCUT2D eigenvalue weighted by atomic mass is 10.0. The number of ether oxygens (including phenoxy) is 5. The highest BCUT2D eigenvalue weighted by molar-refractivity contribution is 8.15. The van der Waals surface area contributed by atoms with Crippen molar-refractivity contribution in [3.63, 3.8) is 0 Å². The maximum Gasteiger partial charge on any atom is 0.167 e. The zero-order valence-corrected chi connectivity index (χ0v) is 16.0. The molecule has 0 aromatic heterocycles. The first kappa shape index (κ1) is 19.7. The van der Waals surface area contributed by atoms with E-state index < -0.39 is 0 Å². The molecule has 0 saturated heterocycles. The number of thioether (sulfide) groups is 1. The first-order valence-electron chi connectivity index (χ1n) is 7.70. The number of hydrogen-bond acceptors (Lipinski definition) is 8. The van der Waals surface area contributed by atoms with E-state index in [2.05, 4.69) is 9.98 Å². The summed E-state index contributed by atoms with van der Waals surface area (Å²) in [6, 6.07) is 3.92. The van der Waals surface area contributed by atoms with Gasteiger partial charge in [0.1, 0.15) is 31.3 Å². The Kier molecular flexibility index (Phi) is 7.70. The Morgan fingerprint density at radius 2 is 2.12 bits per heavy atom. The summed E-state index contributed by atoms with van der Waals surface area (Å²) in [4.78, 5) is 8.88. The van der Waals surface area contributed by atoms with Crippen molar-refractivity contribution in [3.8, 4) is 11.5 Å². The fourth-order valence-corrected chi connectivity index (χ4v) is 3.14. The summed E-state index contributed by atoms with van der Waals surface area (Å²) in [5.74, 6) is 1.38. The van der Waals surface area contributed by atoms with Crippen LogP contribution in [0.1, 0.15) is 17.2 Å². The zero-order chi connectivity index (χ0) is 18.2. The molecule has 1 unspecified atom stereocenters. The average Bonchev–Trinajstić information content (AvgIpc) is 3.06. The van der Waals surface area contributed by atoms with Gasteiger partial charge < -0.3 is 23.7 Å². The third-order valence-electron chi connectivity index (χ3n) is 3.71. The number of benzene rings is 1. The molecule has 0 aliphatic carbocycles. The number of aliphatic imine (C=N–C) groups is 2. The van der Waals surface area contributed by atoms with Crippen LogP contribution in [0.15, 0.2) is 22.1 Å². The number of rotatable bonds is 8. The molecule has 1 aromatic carbocycles. The second-order valence-corrected chi connectivity index (χ2v) is 5.91. The minimum absolute atomic E-state index is 0.123. The van der Waals surface area contributed by atoms with Gasteiger partial charge in [0, 0.05) is 32.4 Å². The van der Waals surface area contributed by atoms with Crippen LogP contribution in [-0.4, -0.2) is 65.5 Å². The average molecular weight is 368 g/mol. The lowest BCUT2D eigenvalue weighted by molar-refractivity contribution is -0.0270. The van der Waals surface area contributed by atoms with Gasteiger partial charge in [-0.3, -0.25) is 4.99 Å². The topological polar surface area (TPSA) is 70.9 Å². The lowest BCUT2D eigenvalue weighted by Gasteiger charge is -2.13. The molecule has 1 atom stereocenters. The van der Waals surface area contributed by atoms with E-state index in [9.17, 15) is 0 Å². The van der Waals surface area contributed by atoms with Crippen LogP contribution in [0, 0.1) is 0 Å². The van der Waals surface area contributed by atoms with Crippen LogP contribution in [0.2, 0.25) is 0 Å². The van der Waals surface area contributed by atoms with Crippen LogP contribution >= 0.6 is 11.8 Å². The summed E-state index contributed by atoms with van der Waals surface area (Å²) in [7, 11) is 6.59. The van der Waals surface area contributed by atoms with Crippen molar-refractivity contribution in [3.05, 3.63) is 23.3 Å². The second kappa shape index (κ2) is 9.76. The zero-order valence-electron chi connectivity index (χ0n) is 15.2. The molecule has 0 fully saturated rings. The molecule has 1 aliphatic rings. The van der Waals surface area contributed by atoms with Crippen molar-refractivity contribution in [2.45, 2.75) is 6.10 Å². The van der Waals surface area contributed by atoms with E-state index in [1.807, 2.05) is 18.4 Å². The van der Waals surface area contributed by atoms with Gasteiger partial charge >= 0.3 is 0 Å². The van der Waals surface area contributed by atoms with Crippen molar-refractivity contribution < 1.29 is 23.7 Å². The molecule has 2 rings (SSSR count). The molecule has 138 valence electrons. The first-order chi connectivity index (χ1) is 12.2. The summed E-state index contributed by atoms with van der Waals surface area (Å²) in [6.45, 7) is 0.872. The largest absolute Gasteiger partial charge is 0.493 e. The van der Waals surface area contributed by atoms with Gasteiger partial charge in [-0.15, -0.1) is 11.8 Å². The van der Waals surface area contributed by atoms with Gasteiger partial charge in [0.15, 0.2) is 11.5 Å². The highest BCUT2D eigenvalue weighted by Gasteiger charge is 2.29. The van der Waals surface area contributed by atoms with Gasteiger partial charge in [-0.05, 0) is 18.4 Å². The second-order valence-electron chi connectivity index (χ2n) is 5.11. The minimum atomic E-state index is -0.123. The molecular formula is C17H24N2O5S. The van der Waals surface area contributed by atoms with Gasteiger partial charge in [0.2, 0.25) is 0 Å². The Balaban J connectivity index is 2.37. The Morgan fingerprint density at radius 1 is 1.32 bits per heavy atom. The van der Waals surface area contributed by atoms with E-state index in [0.29, 0.717) is 12.4 Å². The molecule has 0 saturated carbocycles. The molecule has 1 heterocycles. The van der Waals surface area contributed by atoms with Gasteiger partial charge in [0.05, 0.1) is 12.8 Å². The van der Waals surface area contributed by atoms with Crippen LogP contribution in [0.25, 0.3) is 0 Å². The molecular weight excluding hydrogens is 344 g/mol. The Hall–Kier alpha value is -1.61. The number of nitrogens with zero attached hydrogens (tertiary/aromatic N) is 2. The Morgan fingerprint density at radius 3 is 2.72 bits per heavy atom. The SMILES string of the molecule is CN=C(/C(=N/COCOC)SC)c1cc(OC)c2c(c1)C(OC)CO2. The summed E-state index contributed by atoms with van der Waals surface area (Å²) < 4.78 is 26.8. The first-order valence-corrected chi connectivity index (χ1v) is 8.92. The van der Waals surface area contributed by atoms with Crippen LogP contribution in [0.4, 0.5) is 0 Å². The van der Waals surface area contributed by atoms with Crippen molar-refractivity contribution in [1.29, 1.82) is 0 Å². The van der Waals surface area contributed by atoms with Crippen LogP contribution in [0.3, 0.4) is 0 Å². The molecule has 1 aromatic rings. The van der Waals surface area contributed by atoms with E-state index in [1.54, 1.807) is 28.4 Å². The predicted molar refractivity (Wildman–Crippen MR) is 99.5 cm³/mol.